The molecule has 0 aromatic heterocycles. The Hall–Kier alpha value is -0.570. The Morgan fingerprint density at radius 2 is 1.93 bits per heavy atom. The molecule has 1 rings (SSSR count). The van der Waals surface area contributed by atoms with Crippen molar-refractivity contribution in [2.75, 3.05) is 0 Å². The van der Waals surface area contributed by atoms with E-state index in [2.05, 4.69) is 0 Å². The third-order valence-corrected chi connectivity index (χ3v) is 2.91. The van der Waals surface area contributed by atoms with E-state index in [1.165, 1.54) is 19.9 Å². The van der Waals surface area contributed by atoms with Gasteiger partial charge in [0.25, 0.3) is 0 Å². The van der Waals surface area contributed by atoms with Gasteiger partial charge in [-0.3, -0.25) is 4.79 Å². The van der Waals surface area contributed by atoms with Gasteiger partial charge in [-0.2, -0.15) is 0 Å². The van der Waals surface area contributed by atoms with Crippen LogP contribution in [0.3, 0.4) is 0 Å². The first-order valence-electron chi connectivity index (χ1n) is 4.04. The van der Waals surface area contributed by atoms with Crippen LogP contribution in [0, 0.1) is 0 Å². The summed E-state index contributed by atoms with van der Waals surface area (Å²) in [5.74, 6) is -0.337. The number of ketones is 1. The van der Waals surface area contributed by atoms with E-state index >= 15 is 0 Å². The minimum Gasteiger partial charge on any atom is -0.378 e. The molecule has 1 aromatic carbocycles. The zero-order valence-corrected chi connectivity index (χ0v) is 9.36. The molecule has 2 nitrogen and oxygen atoms in total. The fourth-order valence-electron chi connectivity index (χ4n) is 1.00. The van der Waals surface area contributed by atoms with Crippen LogP contribution in [-0.4, -0.2) is 10.9 Å². The zero-order chi connectivity index (χ0) is 10.9. The van der Waals surface area contributed by atoms with Gasteiger partial charge in [-0.25, -0.2) is 0 Å². The summed E-state index contributed by atoms with van der Waals surface area (Å²) >= 11 is 11.5. The third kappa shape index (κ3) is 2.08. The maximum atomic E-state index is 11.1. The predicted molar refractivity (Wildman–Crippen MR) is 56.7 cm³/mol. The topological polar surface area (TPSA) is 37.3 Å². The molecule has 0 radical (unpaired) electrons. The van der Waals surface area contributed by atoms with Crippen LogP contribution in [0.5, 0.6) is 0 Å². The SMILES string of the molecule is CC(=O)C(C)(O)c1ccc(Cl)c(Cl)c1. The summed E-state index contributed by atoms with van der Waals surface area (Å²) in [6.07, 6.45) is 0. The van der Waals surface area contributed by atoms with Crippen molar-refractivity contribution in [1.29, 1.82) is 0 Å². The molecule has 0 aliphatic heterocycles. The Bertz CT molecular complexity index is 372. The first-order chi connectivity index (χ1) is 6.35. The lowest BCUT2D eigenvalue weighted by Crippen LogP contribution is -2.29. The van der Waals surface area contributed by atoms with Crippen LogP contribution in [0.1, 0.15) is 19.4 Å². The second-order valence-electron chi connectivity index (χ2n) is 3.26. The largest absolute Gasteiger partial charge is 0.378 e. The van der Waals surface area contributed by atoms with Gasteiger partial charge < -0.3 is 5.11 Å². The van der Waals surface area contributed by atoms with Crippen LogP contribution in [0.4, 0.5) is 0 Å². The molecule has 1 N–H and O–H groups in total. The first-order valence-corrected chi connectivity index (χ1v) is 4.80. The molecule has 0 aliphatic rings. The highest BCUT2D eigenvalue weighted by Gasteiger charge is 2.28. The number of benzene rings is 1. The summed E-state index contributed by atoms with van der Waals surface area (Å²) in [4.78, 5) is 11.1. The van der Waals surface area contributed by atoms with E-state index in [-0.39, 0.29) is 5.78 Å². The Balaban J connectivity index is 3.21. The smallest absolute Gasteiger partial charge is 0.165 e. The molecule has 0 saturated heterocycles. The summed E-state index contributed by atoms with van der Waals surface area (Å²) in [7, 11) is 0. The van der Waals surface area contributed by atoms with Crippen molar-refractivity contribution in [1.82, 2.24) is 0 Å². The van der Waals surface area contributed by atoms with Crippen LogP contribution in [0.15, 0.2) is 18.2 Å². The quantitative estimate of drug-likeness (QED) is 0.852. The number of hydrogen-bond acceptors (Lipinski definition) is 2. The summed E-state index contributed by atoms with van der Waals surface area (Å²) < 4.78 is 0. The number of rotatable bonds is 2. The average molecular weight is 233 g/mol. The van der Waals surface area contributed by atoms with Crippen molar-refractivity contribution in [3.8, 4) is 0 Å². The lowest BCUT2D eigenvalue weighted by molar-refractivity contribution is -0.134. The number of carbonyl (C=O) groups is 1. The van der Waals surface area contributed by atoms with Crippen molar-refractivity contribution >= 4 is 29.0 Å². The maximum Gasteiger partial charge on any atom is 0.165 e. The van der Waals surface area contributed by atoms with E-state index in [9.17, 15) is 9.90 Å². The van der Waals surface area contributed by atoms with Crippen molar-refractivity contribution in [2.45, 2.75) is 19.4 Å². The number of halogens is 2. The number of Topliss-reactive ketones (excluding diaryl/α,β-unsaturated/α-hetero) is 1. The molecule has 0 amide bonds. The van der Waals surface area contributed by atoms with Gasteiger partial charge >= 0.3 is 0 Å². The molecule has 0 saturated carbocycles. The highest BCUT2D eigenvalue weighted by molar-refractivity contribution is 6.42. The molecular formula is C10H10Cl2O2. The third-order valence-electron chi connectivity index (χ3n) is 2.17. The van der Waals surface area contributed by atoms with Crippen molar-refractivity contribution in [2.24, 2.45) is 0 Å². The highest BCUT2D eigenvalue weighted by atomic mass is 35.5. The molecule has 4 heteroatoms. The van der Waals surface area contributed by atoms with Crippen molar-refractivity contribution < 1.29 is 9.90 Å². The van der Waals surface area contributed by atoms with Gasteiger partial charge in [0.15, 0.2) is 5.78 Å². The van der Waals surface area contributed by atoms with Gasteiger partial charge in [-0.05, 0) is 31.5 Å². The van der Waals surface area contributed by atoms with E-state index < -0.39 is 5.60 Å². The van der Waals surface area contributed by atoms with E-state index in [1.54, 1.807) is 12.1 Å². The maximum absolute atomic E-state index is 11.1. The second kappa shape index (κ2) is 3.89. The highest BCUT2D eigenvalue weighted by Crippen LogP contribution is 2.28. The first kappa shape index (κ1) is 11.5. The fourth-order valence-corrected chi connectivity index (χ4v) is 1.30. The molecule has 0 fully saturated rings. The molecule has 14 heavy (non-hydrogen) atoms. The molecule has 76 valence electrons. The monoisotopic (exact) mass is 232 g/mol. The Morgan fingerprint density at radius 1 is 1.36 bits per heavy atom. The van der Waals surface area contributed by atoms with Crippen LogP contribution < -0.4 is 0 Å². The Labute approximate surface area is 92.5 Å². The lowest BCUT2D eigenvalue weighted by Gasteiger charge is -2.20. The predicted octanol–water partition coefficient (Wildman–Crippen LogP) is 2.79. The summed E-state index contributed by atoms with van der Waals surface area (Å²) in [6, 6.07) is 4.62. The minimum absolute atomic E-state index is 0.325. The molecule has 0 bridgehead atoms. The Morgan fingerprint density at radius 3 is 2.36 bits per heavy atom. The van der Waals surface area contributed by atoms with Gasteiger partial charge in [0.05, 0.1) is 10.0 Å². The summed E-state index contributed by atoms with van der Waals surface area (Å²) in [5, 5.41) is 10.5. The van der Waals surface area contributed by atoms with Crippen molar-refractivity contribution in [3.05, 3.63) is 33.8 Å². The molecule has 0 heterocycles. The van der Waals surface area contributed by atoms with E-state index in [0.29, 0.717) is 15.6 Å². The number of hydrogen-bond donors (Lipinski definition) is 1. The summed E-state index contributed by atoms with van der Waals surface area (Å²) in [5.41, 5.74) is -1.06. The minimum atomic E-state index is -1.51. The molecule has 1 aromatic rings. The fraction of sp³-hybridized carbons (Fsp3) is 0.300. The molecule has 1 atom stereocenters. The molecule has 0 spiro atoms. The van der Waals surface area contributed by atoms with Gasteiger partial charge in [0.1, 0.15) is 5.60 Å². The van der Waals surface area contributed by atoms with Gasteiger partial charge in [0.2, 0.25) is 0 Å². The van der Waals surface area contributed by atoms with Gasteiger partial charge in [-0.15, -0.1) is 0 Å². The van der Waals surface area contributed by atoms with Gasteiger partial charge in [-0.1, -0.05) is 29.3 Å². The molecular weight excluding hydrogens is 223 g/mol. The normalized spacial score (nSPS) is 14.9. The lowest BCUT2D eigenvalue weighted by atomic mass is 9.92. The zero-order valence-electron chi connectivity index (χ0n) is 7.84. The van der Waals surface area contributed by atoms with E-state index in [0.717, 1.165) is 0 Å². The van der Waals surface area contributed by atoms with E-state index in [4.69, 9.17) is 23.2 Å². The standard InChI is InChI=1S/C10H10Cl2O2/c1-6(13)10(2,14)7-3-4-8(11)9(12)5-7/h3-5,14H,1-2H3. The van der Waals surface area contributed by atoms with Crippen LogP contribution in [0.25, 0.3) is 0 Å². The number of aliphatic hydroxyl groups is 1. The van der Waals surface area contributed by atoms with Crippen LogP contribution in [-0.2, 0) is 10.4 Å². The van der Waals surface area contributed by atoms with Gasteiger partial charge in [0, 0.05) is 0 Å². The number of carbonyl (C=O) groups excluding carboxylic acids is 1. The molecule has 0 aliphatic carbocycles. The van der Waals surface area contributed by atoms with Crippen LogP contribution >= 0.6 is 23.2 Å². The summed E-state index contributed by atoms with van der Waals surface area (Å²) in [6.45, 7) is 2.75. The van der Waals surface area contributed by atoms with Crippen LogP contribution in [0.2, 0.25) is 10.0 Å². The Kier molecular flexibility index (Phi) is 3.20. The van der Waals surface area contributed by atoms with E-state index in [1.807, 2.05) is 0 Å². The average Bonchev–Trinajstić information content (AvgIpc) is 2.09. The van der Waals surface area contributed by atoms with Crippen molar-refractivity contribution in [3.63, 3.8) is 0 Å². The molecule has 1 unspecified atom stereocenters. The second-order valence-corrected chi connectivity index (χ2v) is 4.07.